The maximum Gasteiger partial charge on any atom is 0.323 e. The highest BCUT2D eigenvalue weighted by molar-refractivity contribution is 5.78. The van der Waals surface area contributed by atoms with Crippen LogP contribution in [-0.2, 0) is 4.79 Å². The van der Waals surface area contributed by atoms with Crippen LogP contribution >= 0.6 is 0 Å². The van der Waals surface area contributed by atoms with E-state index in [0.29, 0.717) is 24.3 Å². The van der Waals surface area contributed by atoms with Gasteiger partial charge in [-0.1, -0.05) is 6.07 Å². The van der Waals surface area contributed by atoms with Crippen LogP contribution in [0, 0.1) is 5.82 Å². The molecule has 1 heterocycles. The fourth-order valence-electron chi connectivity index (χ4n) is 3.09. The monoisotopic (exact) mass is 281 g/mol. The van der Waals surface area contributed by atoms with Crippen LogP contribution in [0.5, 0.6) is 5.75 Å². The number of likely N-dealkylation sites (tertiary alicyclic amines) is 1. The Balaban J connectivity index is 2.41. The number of ether oxygens (including phenoxy) is 1. The van der Waals surface area contributed by atoms with Gasteiger partial charge < -0.3 is 9.84 Å². The zero-order chi connectivity index (χ0) is 14.9. The molecule has 1 aromatic rings. The van der Waals surface area contributed by atoms with Crippen molar-refractivity contribution in [1.29, 1.82) is 0 Å². The van der Waals surface area contributed by atoms with E-state index in [1.807, 2.05) is 11.8 Å². The van der Waals surface area contributed by atoms with Crippen molar-refractivity contribution in [3.8, 4) is 5.75 Å². The third kappa shape index (κ3) is 2.26. The Labute approximate surface area is 118 Å². The minimum atomic E-state index is -0.952. The molecule has 1 aromatic carbocycles. The molecule has 0 bridgehead atoms. The van der Waals surface area contributed by atoms with E-state index in [-0.39, 0.29) is 11.9 Å². The predicted molar refractivity (Wildman–Crippen MR) is 73.3 cm³/mol. The SMILES string of the molecule is COc1cccc(F)c1C(C)N1CCCC1(C)C(=O)O. The molecule has 1 aliphatic heterocycles. The zero-order valence-corrected chi connectivity index (χ0v) is 12.0. The van der Waals surface area contributed by atoms with E-state index in [1.54, 1.807) is 19.1 Å². The number of methoxy groups -OCH3 is 1. The molecule has 1 aliphatic rings. The third-order valence-corrected chi connectivity index (χ3v) is 4.28. The van der Waals surface area contributed by atoms with Crippen LogP contribution in [-0.4, -0.2) is 35.2 Å². The molecule has 1 N–H and O–H groups in total. The van der Waals surface area contributed by atoms with E-state index in [1.165, 1.54) is 13.2 Å². The average molecular weight is 281 g/mol. The lowest BCUT2D eigenvalue weighted by Gasteiger charge is -2.36. The summed E-state index contributed by atoms with van der Waals surface area (Å²) >= 11 is 0. The van der Waals surface area contributed by atoms with Crippen LogP contribution in [0.3, 0.4) is 0 Å². The second-order valence-electron chi connectivity index (χ2n) is 5.41. The Morgan fingerprint density at radius 3 is 2.85 bits per heavy atom. The van der Waals surface area contributed by atoms with Crippen LogP contribution in [0.1, 0.15) is 38.3 Å². The minimum absolute atomic E-state index is 0.352. The number of nitrogens with zero attached hydrogens (tertiary/aromatic N) is 1. The summed E-state index contributed by atoms with van der Waals surface area (Å²) in [5.41, 5.74) is -0.531. The number of carboxylic acids is 1. The largest absolute Gasteiger partial charge is 0.496 e. The van der Waals surface area contributed by atoms with Gasteiger partial charge in [0.2, 0.25) is 0 Å². The molecule has 0 spiro atoms. The van der Waals surface area contributed by atoms with Gasteiger partial charge in [0.1, 0.15) is 17.1 Å². The zero-order valence-electron chi connectivity index (χ0n) is 12.0. The highest BCUT2D eigenvalue weighted by Crippen LogP contribution is 2.40. The molecule has 4 nitrogen and oxygen atoms in total. The summed E-state index contributed by atoms with van der Waals surface area (Å²) in [7, 11) is 1.49. The lowest BCUT2D eigenvalue weighted by Crippen LogP contribution is -2.49. The Bertz CT molecular complexity index is 520. The second-order valence-corrected chi connectivity index (χ2v) is 5.41. The molecule has 2 rings (SSSR count). The van der Waals surface area contributed by atoms with Gasteiger partial charge in [0.25, 0.3) is 0 Å². The molecule has 1 fully saturated rings. The number of hydrogen-bond acceptors (Lipinski definition) is 3. The van der Waals surface area contributed by atoms with Crippen molar-refractivity contribution in [2.75, 3.05) is 13.7 Å². The Morgan fingerprint density at radius 1 is 1.55 bits per heavy atom. The summed E-state index contributed by atoms with van der Waals surface area (Å²) < 4.78 is 19.4. The van der Waals surface area contributed by atoms with Crippen molar-refractivity contribution in [3.63, 3.8) is 0 Å². The molecule has 0 radical (unpaired) electrons. The van der Waals surface area contributed by atoms with E-state index in [9.17, 15) is 14.3 Å². The number of carboxylic acid groups (broad SMARTS) is 1. The van der Waals surface area contributed by atoms with Gasteiger partial charge in [0.05, 0.1) is 7.11 Å². The van der Waals surface area contributed by atoms with Crippen LogP contribution in [0.2, 0.25) is 0 Å². The van der Waals surface area contributed by atoms with E-state index in [0.717, 1.165) is 6.42 Å². The molecule has 2 unspecified atom stereocenters. The first-order valence-electron chi connectivity index (χ1n) is 6.74. The molecule has 5 heteroatoms. The number of hydrogen-bond donors (Lipinski definition) is 1. The molecule has 0 saturated carbocycles. The quantitative estimate of drug-likeness (QED) is 0.922. The number of rotatable bonds is 4. The molecule has 0 aromatic heterocycles. The van der Waals surface area contributed by atoms with Crippen molar-refractivity contribution in [3.05, 3.63) is 29.6 Å². The van der Waals surface area contributed by atoms with Gasteiger partial charge in [-0.25, -0.2) is 4.39 Å². The fraction of sp³-hybridized carbons (Fsp3) is 0.533. The highest BCUT2D eigenvalue weighted by atomic mass is 19.1. The Hall–Kier alpha value is -1.62. The van der Waals surface area contributed by atoms with Gasteiger partial charge in [0, 0.05) is 11.6 Å². The third-order valence-electron chi connectivity index (χ3n) is 4.28. The van der Waals surface area contributed by atoms with Crippen molar-refractivity contribution in [2.45, 2.75) is 38.3 Å². The second kappa shape index (κ2) is 5.40. The minimum Gasteiger partial charge on any atom is -0.496 e. The summed E-state index contributed by atoms with van der Waals surface area (Å²) in [6, 6.07) is 4.31. The van der Waals surface area contributed by atoms with E-state index in [4.69, 9.17) is 4.74 Å². The summed E-state index contributed by atoms with van der Waals surface area (Å²) in [5, 5.41) is 9.47. The van der Waals surface area contributed by atoms with Crippen LogP contribution < -0.4 is 4.74 Å². The molecule has 0 amide bonds. The van der Waals surface area contributed by atoms with E-state index >= 15 is 0 Å². The lowest BCUT2D eigenvalue weighted by molar-refractivity contribution is -0.150. The fourth-order valence-corrected chi connectivity index (χ4v) is 3.09. The van der Waals surface area contributed by atoms with Crippen molar-refractivity contribution in [1.82, 2.24) is 4.90 Å². The predicted octanol–water partition coefficient (Wildman–Crippen LogP) is 2.83. The first-order chi connectivity index (χ1) is 9.41. The van der Waals surface area contributed by atoms with Crippen LogP contribution in [0.4, 0.5) is 4.39 Å². The number of aliphatic carboxylic acids is 1. The van der Waals surface area contributed by atoms with Gasteiger partial charge in [-0.15, -0.1) is 0 Å². The standard InChI is InChI=1S/C15H20FNO3/c1-10(13-11(16)6-4-7-12(13)20-3)17-9-5-8-15(17,2)14(18)19/h4,6-7,10H,5,8-9H2,1-3H3,(H,18,19). The smallest absolute Gasteiger partial charge is 0.323 e. The molecule has 20 heavy (non-hydrogen) atoms. The molecular formula is C15H20FNO3. The van der Waals surface area contributed by atoms with Crippen molar-refractivity contribution >= 4 is 5.97 Å². The van der Waals surface area contributed by atoms with Crippen LogP contribution in [0.15, 0.2) is 18.2 Å². The average Bonchev–Trinajstić information content (AvgIpc) is 2.81. The summed E-state index contributed by atoms with van der Waals surface area (Å²) in [5.74, 6) is -0.772. The maximum absolute atomic E-state index is 14.1. The van der Waals surface area contributed by atoms with Crippen molar-refractivity contribution < 1.29 is 19.0 Å². The van der Waals surface area contributed by atoms with E-state index in [2.05, 4.69) is 0 Å². The Morgan fingerprint density at radius 2 is 2.25 bits per heavy atom. The van der Waals surface area contributed by atoms with Crippen molar-refractivity contribution in [2.24, 2.45) is 0 Å². The number of benzene rings is 1. The Kier molecular flexibility index (Phi) is 3.99. The highest BCUT2D eigenvalue weighted by Gasteiger charge is 2.46. The van der Waals surface area contributed by atoms with Gasteiger partial charge in [-0.05, 0) is 45.4 Å². The molecule has 1 saturated heterocycles. The summed E-state index contributed by atoms with van der Waals surface area (Å²) in [4.78, 5) is 13.4. The van der Waals surface area contributed by atoms with Gasteiger partial charge in [-0.2, -0.15) is 0 Å². The van der Waals surface area contributed by atoms with Gasteiger partial charge in [0.15, 0.2) is 0 Å². The van der Waals surface area contributed by atoms with Crippen LogP contribution in [0.25, 0.3) is 0 Å². The molecule has 0 aliphatic carbocycles. The van der Waals surface area contributed by atoms with E-state index < -0.39 is 11.5 Å². The molecule has 2 atom stereocenters. The maximum atomic E-state index is 14.1. The van der Waals surface area contributed by atoms with Gasteiger partial charge >= 0.3 is 5.97 Å². The summed E-state index contributed by atoms with van der Waals surface area (Å²) in [6.07, 6.45) is 1.37. The first-order valence-corrected chi connectivity index (χ1v) is 6.74. The number of halogens is 1. The topological polar surface area (TPSA) is 49.8 Å². The molecular weight excluding hydrogens is 261 g/mol. The van der Waals surface area contributed by atoms with Gasteiger partial charge in [-0.3, -0.25) is 9.69 Å². The first kappa shape index (κ1) is 14.8. The summed E-state index contributed by atoms with van der Waals surface area (Å²) in [6.45, 7) is 4.17. The lowest BCUT2D eigenvalue weighted by atomic mass is 9.95. The number of carbonyl (C=O) groups is 1. The normalized spacial score (nSPS) is 24.6. The molecule has 110 valence electrons.